The number of nitrogens with two attached hydrogens (primary N) is 1. The zero-order valence-electron chi connectivity index (χ0n) is 13.3. The molecule has 0 bridgehead atoms. The van der Waals surface area contributed by atoms with Crippen molar-refractivity contribution in [3.8, 4) is 0 Å². The molecule has 1 heterocycles. The van der Waals surface area contributed by atoms with E-state index in [1.54, 1.807) is 24.3 Å². The number of urea groups is 1. The number of oxime groups is 1. The van der Waals surface area contributed by atoms with Crippen LogP contribution in [0.15, 0.2) is 29.4 Å². The summed E-state index contributed by atoms with van der Waals surface area (Å²) in [6, 6.07) is 5.33. The summed E-state index contributed by atoms with van der Waals surface area (Å²) < 4.78 is 0. The lowest BCUT2D eigenvalue weighted by molar-refractivity contribution is -0.136. The SMILES string of the molecule is N/C(=N\O)c1ccc(N2CC[C@H](NC(=O)NCCC(=O)O)C2=O)cc1. The fourth-order valence-corrected chi connectivity index (χ4v) is 2.43. The van der Waals surface area contributed by atoms with Crippen molar-refractivity contribution in [2.75, 3.05) is 18.0 Å². The molecule has 1 aliphatic rings. The molecule has 25 heavy (non-hydrogen) atoms. The molecule has 0 radical (unpaired) electrons. The quantitative estimate of drug-likeness (QED) is 0.205. The molecule has 1 aromatic rings. The number of amidine groups is 1. The number of carboxylic acid groups (broad SMARTS) is 1. The van der Waals surface area contributed by atoms with Crippen LogP contribution in [0.3, 0.4) is 0 Å². The average molecular weight is 349 g/mol. The third-order valence-corrected chi connectivity index (χ3v) is 3.72. The van der Waals surface area contributed by atoms with Crippen LogP contribution in [0.1, 0.15) is 18.4 Å². The van der Waals surface area contributed by atoms with E-state index < -0.39 is 18.0 Å². The lowest BCUT2D eigenvalue weighted by Gasteiger charge is -2.17. The maximum absolute atomic E-state index is 12.4. The van der Waals surface area contributed by atoms with Crippen molar-refractivity contribution < 1.29 is 24.7 Å². The van der Waals surface area contributed by atoms with Crippen LogP contribution in [-0.2, 0) is 9.59 Å². The molecule has 0 aromatic heterocycles. The van der Waals surface area contributed by atoms with Gasteiger partial charge in [-0.15, -0.1) is 0 Å². The van der Waals surface area contributed by atoms with Crippen molar-refractivity contribution in [2.24, 2.45) is 10.9 Å². The Hall–Kier alpha value is -3.30. The molecule has 0 aliphatic carbocycles. The normalized spacial score (nSPS) is 17.4. The number of nitrogens with zero attached hydrogens (tertiary/aromatic N) is 2. The molecule has 10 heteroatoms. The van der Waals surface area contributed by atoms with Gasteiger partial charge in [0.2, 0.25) is 5.91 Å². The lowest BCUT2D eigenvalue weighted by Crippen LogP contribution is -2.46. The van der Waals surface area contributed by atoms with Gasteiger partial charge in [0.05, 0.1) is 6.42 Å². The average Bonchev–Trinajstić information content (AvgIpc) is 2.94. The van der Waals surface area contributed by atoms with Crippen molar-refractivity contribution in [1.29, 1.82) is 0 Å². The van der Waals surface area contributed by atoms with Crippen LogP contribution in [0.25, 0.3) is 0 Å². The Labute approximate surface area is 143 Å². The Balaban J connectivity index is 1.92. The van der Waals surface area contributed by atoms with Crippen molar-refractivity contribution in [3.05, 3.63) is 29.8 Å². The summed E-state index contributed by atoms with van der Waals surface area (Å²) in [5.74, 6) is -1.31. The maximum Gasteiger partial charge on any atom is 0.315 e. The van der Waals surface area contributed by atoms with Gasteiger partial charge in [0, 0.05) is 24.3 Å². The number of nitrogens with one attached hydrogen (secondary N) is 2. The van der Waals surface area contributed by atoms with Gasteiger partial charge in [-0.1, -0.05) is 5.16 Å². The summed E-state index contributed by atoms with van der Waals surface area (Å²) in [5.41, 5.74) is 6.64. The van der Waals surface area contributed by atoms with E-state index in [0.29, 0.717) is 24.2 Å². The molecule has 1 atom stereocenters. The number of hydrogen-bond acceptors (Lipinski definition) is 5. The minimum atomic E-state index is -1.02. The predicted molar refractivity (Wildman–Crippen MR) is 88.5 cm³/mol. The van der Waals surface area contributed by atoms with Gasteiger partial charge in [0.25, 0.3) is 0 Å². The van der Waals surface area contributed by atoms with Crippen LogP contribution in [0.5, 0.6) is 0 Å². The molecule has 1 saturated heterocycles. The molecule has 6 N–H and O–H groups in total. The third-order valence-electron chi connectivity index (χ3n) is 3.72. The fraction of sp³-hybridized carbons (Fsp3) is 0.333. The van der Waals surface area contributed by atoms with Crippen LogP contribution in [-0.4, -0.2) is 53.2 Å². The molecule has 134 valence electrons. The fourth-order valence-electron chi connectivity index (χ4n) is 2.43. The Morgan fingerprint density at radius 3 is 2.60 bits per heavy atom. The smallest absolute Gasteiger partial charge is 0.315 e. The molecule has 1 aromatic carbocycles. The van der Waals surface area contributed by atoms with Crippen LogP contribution < -0.4 is 21.3 Å². The highest BCUT2D eigenvalue weighted by molar-refractivity contribution is 6.02. The molecule has 3 amide bonds. The summed E-state index contributed by atoms with van der Waals surface area (Å²) in [4.78, 5) is 36.0. The number of rotatable bonds is 6. The van der Waals surface area contributed by atoms with Gasteiger partial charge in [-0.2, -0.15) is 0 Å². The van der Waals surface area contributed by atoms with Gasteiger partial charge < -0.3 is 31.6 Å². The number of amides is 3. The van der Waals surface area contributed by atoms with Gasteiger partial charge in [0.15, 0.2) is 5.84 Å². The van der Waals surface area contributed by atoms with Crippen molar-refractivity contribution in [3.63, 3.8) is 0 Å². The Morgan fingerprint density at radius 2 is 2.00 bits per heavy atom. The molecule has 0 spiro atoms. The molecule has 2 rings (SSSR count). The second kappa shape index (κ2) is 7.99. The van der Waals surface area contributed by atoms with E-state index in [9.17, 15) is 14.4 Å². The number of hydrogen-bond donors (Lipinski definition) is 5. The Kier molecular flexibility index (Phi) is 5.77. The van der Waals surface area contributed by atoms with Crippen LogP contribution in [0, 0.1) is 0 Å². The van der Waals surface area contributed by atoms with E-state index in [1.807, 2.05) is 0 Å². The van der Waals surface area contributed by atoms with Gasteiger partial charge in [-0.05, 0) is 30.7 Å². The minimum absolute atomic E-state index is 0.0128. The number of anilines is 1. The van der Waals surface area contributed by atoms with E-state index >= 15 is 0 Å². The predicted octanol–water partition coefficient (Wildman–Crippen LogP) is -0.340. The monoisotopic (exact) mass is 349 g/mol. The second-order valence-corrected chi connectivity index (χ2v) is 5.41. The van der Waals surface area contributed by atoms with E-state index in [4.69, 9.17) is 16.0 Å². The topological polar surface area (TPSA) is 157 Å². The maximum atomic E-state index is 12.4. The molecule has 0 saturated carbocycles. The van der Waals surface area contributed by atoms with E-state index in [-0.39, 0.29) is 24.7 Å². The van der Waals surface area contributed by atoms with Gasteiger partial charge in [-0.25, -0.2) is 4.79 Å². The Bertz CT molecular complexity index is 688. The van der Waals surface area contributed by atoms with E-state index in [0.717, 1.165) is 0 Å². The zero-order chi connectivity index (χ0) is 18.4. The molecular weight excluding hydrogens is 330 g/mol. The molecule has 0 unspecified atom stereocenters. The van der Waals surface area contributed by atoms with E-state index in [1.165, 1.54) is 4.90 Å². The number of carboxylic acids is 1. The summed E-state index contributed by atoms with van der Waals surface area (Å²) in [5, 5.41) is 25.0. The number of aliphatic carboxylic acids is 1. The first kappa shape index (κ1) is 18.0. The number of benzene rings is 1. The molecule has 1 aliphatic heterocycles. The van der Waals surface area contributed by atoms with Crippen molar-refractivity contribution >= 4 is 29.4 Å². The van der Waals surface area contributed by atoms with Crippen LogP contribution >= 0.6 is 0 Å². The molecular formula is C15H19N5O5. The van der Waals surface area contributed by atoms with Gasteiger partial charge in [-0.3, -0.25) is 9.59 Å². The first-order chi connectivity index (χ1) is 11.9. The van der Waals surface area contributed by atoms with Crippen molar-refractivity contribution in [1.82, 2.24) is 10.6 Å². The summed E-state index contributed by atoms with van der Waals surface area (Å²) in [6.45, 7) is 0.420. The highest BCUT2D eigenvalue weighted by Crippen LogP contribution is 2.22. The zero-order valence-corrected chi connectivity index (χ0v) is 13.3. The van der Waals surface area contributed by atoms with Crippen molar-refractivity contribution in [2.45, 2.75) is 18.9 Å². The highest BCUT2D eigenvalue weighted by atomic mass is 16.4. The lowest BCUT2D eigenvalue weighted by atomic mass is 10.2. The standard InChI is InChI=1S/C15H19N5O5/c16-13(19-25)9-1-3-10(4-2-9)20-8-6-11(14(20)23)18-15(24)17-7-5-12(21)22/h1-4,11,25H,5-8H2,(H2,16,19)(H,21,22)(H2,17,18,24)/t11-/m0/s1. The first-order valence-electron chi connectivity index (χ1n) is 7.58. The van der Waals surface area contributed by atoms with Gasteiger partial charge >= 0.3 is 12.0 Å². The summed E-state index contributed by atoms with van der Waals surface area (Å²) >= 11 is 0. The number of carbonyl (C=O) groups excluding carboxylic acids is 2. The third kappa shape index (κ3) is 4.59. The van der Waals surface area contributed by atoms with Crippen LogP contribution in [0.4, 0.5) is 10.5 Å². The summed E-state index contributed by atoms with van der Waals surface area (Å²) in [6.07, 6.45) is 0.248. The largest absolute Gasteiger partial charge is 0.481 e. The highest BCUT2D eigenvalue weighted by Gasteiger charge is 2.33. The van der Waals surface area contributed by atoms with Gasteiger partial charge in [0.1, 0.15) is 6.04 Å². The second-order valence-electron chi connectivity index (χ2n) is 5.41. The summed E-state index contributed by atoms with van der Waals surface area (Å²) in [7, 11) is 0. The Morgan fingerprint density at radius 1 is 1.32 bits per heavy atom. The van der Waals surface area contributed by atoms with E-state index in [2.05, 4.69) is 15.8 Å². The molecule has 10 nitrogen and oxygen atoms in total. The number of carbonyl (C=O) groups is 3. The minimum Gasteiger partial charge on any atom is -0.481 e. The van der Waals surface area contributed by atoms with Crippen LogP contribution in [0.2, 0.25) is 0 Å². The first-order valence-corrected chi connectivity index (χ1v) is 7.58. The molecule has 1 fully saturated rings.